The number of aromatic nitrogens is 1. The van der Waals surface area contributed by atoms with Crippen LogP contribution in [0, 0.1) is 11.3 Å². The highest BCUT2D eigenvalue weighted by atomic mass is 35.5. The highest BCUT2D eigenvalue weighted by molar-refractivity contribution is 7.92. The standard InChI is InChI=1S/C16H8Cl3N3O2S/c17-13-3-4-14(18)12-6-10(1-2-11(12)13)25(23,24)22-15-5-9(7-20)8-21-16(15)19/h1-6,8,22H. The SMILES string of the molecule is N#Cc1cnc(Cl)c(NS(=O)(=O)c2ccc3c(Cl)ccc(Cl)c3c2)c1. The highest BCUT2D eigenvalue weighted by Crippen LogP contribution is 2.32. The van der Waals surface area contributed by atoms with Crippen LogP contribution in [0.4, 0.5) is 5.69 Å². The Bertz CT molecular complexity index is 1140. The van der Waals surface area contributed by atoms with Crippen molar-refractivity contribution in [1.29, 1.82) is 5.26 Å². The van der Waals surface area contributed by atoms with E-state index in [0.29, 0.717) is 20.8 Å². The molecular formula is C16H8Cl3N3O2S. The predicted molar refractivity (Wildman–Crippen MR) is 98.7 cm³/mol. The number of nitrogens with zero attached hydrogens (tertiary/aromatic N) is 2. The zero-order chi connectivity index (χ0) is 18.2. The fourth-order valence-corrected chi connectivity index (χ4v) is 3.94. The molecule has 126 valence electrons. The number of fused-ring (bicyclic) bond motifs is 1. The van der Waals surface area contributed by atoms with Crippen molar-refractivity contribution in [3.63, 3.8) is 0 Å². The average molecular weight is 413 g/mol. The van der Waals surface area contributed by atoms with Crippen LogP contribution in [0.25, 0.3) is 10.8 Å². The number of benzene rings is 2. The van der Waals surface area contributed by atoms with Crippen LogP contribution in [-0.2, 0) is 10.0 Å². The van der Waals surface area contributed by atoms with E-state index in [1.54, 1.807) is 18.2 Å². The third kappa shape index (κ3) is 3.51. The van der Waals surface area contributed by atoms with Crippen molar-refractivity contribution in [3.8, 4) is 6.07 Å². The molecule has 0 aliphatic heterocycles. The van der Waals surface area contributed by atoms with Crippen molar-refractivity contribution in [1.82, 2.24) is 4.98 Å². The lowest BCUT2D eigenvalue weighted by molar-refractivity contribution is 0.601. The second kappa shape index (κ2) is 6.70. The first kappa shape index (κ1) is 17.8. The Hall–Kier alpha value is -2.04. The summed E-state index contributed by atoms with van der Waals surface area (Å²) in [6.45, 7) is 0. The lowest BCUT2D eigenvalue weighted by atomic mass is 10.1. The van der Waals surface area contributed by atoms with Crippen molar-refractivity contribution in [2.75, 3.05) is 4.72 Å². The number of halogens is 3. The summed E-state index contributed by atoms with van der Waals surface area (Å²) in [7, 11) is -3.97. The number of sulfonamides is 1. The quantitative estimate of drug-likeness (QED) is 0.622. The maximum Gasteiger partial charge on any atom is 0.262 e. The predicted octanol–water partition coefficient (Wildman–Crippen LogP) is 4.87. The highest BCUT2D eigenvalue weighted by Gasteiger charge is 2.18. The lowest BCUT2D eigenvalue weighted by Gasteiger charge is -2.11. The molecule has 0 saturated heterocycles. The third-order valence-corrected chi connectivity index (χ3v) is 5.73. The minimum absolute atomic E-state index is 0.0120. The van der Waals surface area contributed by atoms with Gasteiger partial charge in [0.05, 0.1) is 16.1 Å². The van der Waals surface area contributed by atoms with Crippen LogP contribution >= 0.6 is 34.8 Å². The molecule has 25 heavy (non-hydrogen) atoms. The lowest BCUT2D eigenvalue weighted by Crippen LogP contribution is -2.13. The van der Waals surface area contributed by atoms with E-state index in [0.717, 1.165) is 0 Å². The molecule has 1 heterocycles. The summed E-state index contributed by atoms with van der Waals surface area (Å²) in [6, 6.07) is 10.8. The molecule has 5 nitrogen and oxygen atoms in total. The monoisotopic (exact) mass is 411 g/mol. The van der Waals surface area contributed by atoms with Crippen LogP contribution < -0.4 is 4.72 Å². The molecule has 0 fully saturated rings. The topological polar surface area (TPSA) is 82.8 Å². The van der Waals surface area contributed by atoms with E-state index in [9.17, 15) is 8.42 Å². The Morgan fingerprint density at radius 2 is 1.68 bits per heavy atom. The Labute approximate surface area is 158 Å². The van der Waals surface area contributed by atoms with Gasteiger partial charge in [0.25, 0.3) is 10.0 Å². The van der Waals surface area contributed by atoms with Crippen LogP contribution in [0.15, 0.2) is 47.5 Å². The number of rotatable bonds is 3. The van der Waals surface area contributed by atoms with Gasteiger partial charge in [0.2, 0.25) is 0 Å². The first-order valence-electron chi connectivity index (χ1n) is 6.78. The first-order chi connectivity index (χ1) is 11.8. The van der Waals surface area contributed by atoms with Crippen molar-refractivity contribution < 1.29 is 8.42 Å². The maximum atomic E-state index is 12.6. The molecule has 1 aromatic heterocycles. The van der Waals surface area contributed by atoms with Crippen molar-refractivity contribution in [2.24, 2.45) is 0 Å². The first-order valence-corrected chi connectivity index (χ1v) is 9.40. The number of pyridine rings is 1. The normalized spacial score (nSPS) is 11.3. The van der Waals surface area contributed by atoms with Gasteiger partial charge in [-0.2, -0.15) is 5.26 Å². The van der Waals surface area contributed by atoms with Gasteiger partial charge in [-0.3, -0.25) is 4.72 Å². The summed E-state index contributed by atoms with van der Waals surface area (Å²) in [5, 5.41) is 10.8. The van der Waals surface area contributed by atoms with Gasteiger partial charge in [0, 0.05) is 27.0 Å². The zero-order valence-corrected chi connectivity index (χ0v) is 15.4. The molecule has 0 aliphatic carbocycles. The van der Waals surface area contributed by atoms with Crippen LogP contribution in [0.5, 0.6) is 0 Å². The molecule has 0 amide bonds. The summed E-state index contributed by atoms with van der Waals surface area (Å²) in [5.74, 6) is 0. The Balaban J connectivity index is 2.08. The van der Waals surface area contributed by atoms with E-state index < -0.39 is 10.0 Å². The van der Waals surface area contributed by atoms with Crippen LogP contribution in [0.3, 0.4) is 0 Å². The van der Waals surface area contributed by atoms with Gasteiger partial charge in [-0.1, -0.05) is 40.9 Å². The van der Waals surface area contributed by atoms with E-state index >= 15 is 0 Å². The average Bonchev–Trinajstić information content (AvgIpc) is 2.59. The summed E-state index contributed by atoms with van der Waals surface area (Å²) in [6.07, 6.45) is 1.25. The van der Waals surface area contributed by atoms with Crippen LogP contribution in [0.2, 0.25) is 15.2 Å². The second-order valence-corrected chi connectivity index (χ2v) is 7.87. The second-order valence-electron chi connectivity index (χ2n) is 5.02. The van der Waals surface area contributed by atoms with Gasteiger partial charge >= 0.3 is 0 Å². The van der Waals surface area contributed by atoms with Crippen molar-refractivity contribution in [2.45, 2.75) is 4.90 Å². The van der Waals surface area contributed by atoms with Gasteiger partial charge in [0.1, 0.15) is 6.07 Å². The molecule has 9 heteroatoms. The number of anilines is 1. The molecule has 0 bridgehead atoms. The molecule has 0 radical (unpaired) electrons. The molecule has 2 aromatic carbocycles. The minimum Gasteiger partial charge on any atom is -0.276 e. The fourth-order valence-electron chi connectivity index (χ4n) is 2.21. The summed E-state index contributed by atoms with van der Waals surface area (Å²) in [5.41, 5.74) is 0.188. The van der Waals surface area contributed by atoms with Gasteiger partial charge in [-0.25, -0.2) is 13.4 Å². The molecule has 1 N–H and O–H groups in total. The zero-order valence-electron chi connectivity index (χ0n) is 12.3. The molecule has 0 saturated carbocycles. The van der Waals surface area contributed by atoms with E-state index in [1.807, 2.05) is 6.07 Å². The number of nitrogens with one attached hydrogen (secondary N) is 1. The van der Waals surface area contributed by atoms with Gasteiger partial charge in [0.15, 0.2) is 5.15 Å². The van der Waals surface area contributed by atoms with Crippen LogP contribution in [-0.4, -0.2) is 13.4 Å². The molecule has 0 aliphatic rings. The third-order valence-electron chi connectivity index (χ3n) is 3.40. The number of hydrogen-bond acceptors (Lipinski definition) is 4. The molecule has 0 atom stereocenters. The minimum atomic E-state index is -3.97. The van der Waals surface area contributed by atoms with Gasteiger partial charge < -0.3 is 0 Å². The largest absolute Gasteiger partial charge is 0.276 e. The van der Waals surface area contributed by atoms with Gasteiger partial charge in [-0.15, -0.1) is 0 Å². The summed E-state index contributed by atoms with van der Waals surface area (Å²) in [4.78, 5) is 3.76. The van der Waals surface area contributed by atoms with Gasteiger partial charge in [-0.05, 0) is 30.3 Å². The Morgan fingerprint density at radius 1 is 1.00 bits per heavy atom. The van der Waals surface area contributed by atoms with Crippen molar-refractivity contribution >= 4 is 61.3 Å². The Kier molecular flexibility index (Phi) is 4.76. The summed E-state index contributed by atoms with van der Waals surface area (Å²) < 4.78 is 27.6. The molecular weight excluding hydrogens is 405 g/mol. The molecule has 0 spiro atoms. The molecule has 3 rings (SSSR count). The number of nitriles is 1. The summed E-state index contributed by atoms with van der Waals surface area (Å²) >= 11 is 18.1. The fraction of sp³-hybridized carbons (Fsp3) is 0. The van der Waals surface area contributed by atoms with Crippen molar-refractivity contribution in [3.05, 3.63) is 63.4 Å². The Morgan fingerprint density at radius 3 is 2.36 bits per heavy atom. The smallest absolute Gasteiger partial charge is 0.262 e. The van der Waals surface area contributed by atoms with Crippen LogP contribution in [0.1, 0.15) is 5.56 Å². The molecule has 3 aromatic rings. The van der Waals surface area contributed by atoms with E-state index in [-0.39, 0.29) is 21.3 Å². The van der Waals surface area contributed by atoms with E-state index in [4.69, 9.17) is 40.1 Å². The van der Waals surface area contributed by atoms with E-state index in [2.05, 4.69) is 9.71 Å². The maximum absolute atomic E-state index is 12.6. The molecule has 0 unspecified atom stereocenters. The number of hydrogen-bond donors (Lipinski definition) is 1. The van der Waals surface area contributed by atoms with E-state index in [1.165, 1.54) is 24.4 Å².